The molecule has 0 aromatic carbocycles. The summed E-state index contributed by atoms with van der Waals surface area (Å²) >= 11 is 0. The predicted octanol–water partition coefficient (Wildman–Crippen LogP) is 3.36. The molecule has 17 heavy (non-hydrogen) atoms. The Hall–Kier alpha value is -0.0800. The van der Waals surface area contributed by atoms with Crippen LogP contribution in [0.1, 0.15) is 59.8 Å². The summed E-state index contributed by atoms with van der Waals surface area (Å²) in [5.74, 6) is 0.783. The Morgan fingerprint density at radius 3 is 2.59 bits per heavy atom. The third-order valence-corrected chi connectivity index (χ3v) is 4.29. The highest BCUT2D eigenvalue weighted by Crippen LogP contribution is 2.38. The molecule has 2 heterocycles. The van der Waals surface area contributed by atoms with E-state index in [1.165, 1.54) is 32.1 Å². The lowest BCUT2D eigenvalue weighted by molar-refractivity contribution is 0.0919. The Kier molecular flexibility index (Phi) is 4.14. The van der Waals surface area contributed by atoms with Crippen molar-refractivity contribution in [2.75, 3.05) is 6.54 Å². The van der Waals surface area contributed by atoms with Gasteiger partial charge in [0.15, 0.2) is 0 Å². The molecule has 2 aliphatic rings. The van der Waals surface area contributed by atoms with Crippen LogP contribution in [0.4, 0.5) is 0 Å². The van der Waals surface area contributed by atoms with Crippen molar-refractivity contribution in [2.24, 2.45) is 11.3 Å². The minimum atomic E-state index is 0.464. The summed E-state index contributed by atoms with van der Waals surface area (Å²) in [5.41, 5.74) is 0.464. The number of ether oxygens (including phenoxy) is 1. The molecule has 0 aromatic rings. The maximum atomic E-state index is 5.89. The van der Waals surface area contributed by atoms with Gasteiger partial charge in [0.2, 0.25) is 0 Å². The standard InChI is InChI=1S/C15H29NO/c1-11(7-8-15(2,3)4)16-10-12-9-13-5-6-14(12)17-13/h11-14,16H,5-10H2,1-4H3. The Morgan fingerprint density at radius 2 is 2.06 bits per heavy atom. The van der Waals surface area contributed by atoms with Crippen LogP contribution in [0.25, 0.3) is 0 Å². The SMILES string of the molecule is CC(CCC(C)(C)C)NCC1CC2CCC1O2. The van der Waals surface area contributed by atoms with Crippen molar-refractivity contribution in [2.45, 2.75) is 78.0 Å². The Balaban J connectivity index is 1.62. The van der Waals surface area contributed by atoms with E-state index in [1.54, 1.807) is 0 Å². The van der Waals surface area contributed by atoms with Crippen molar-refractivity contribution in [3.63, 3.8) is 0 Å². The fourth-order valence-electron chi connectivity index (χ4n) is 3.06. The molecular weight excluding hydrogens is 210 g/mol. The van der Waals surface area contributed by atoms with Gasteiger partial charge < -0.3 is 10.1 Å². The number of fused-ring (bicyclic) bond motifs is 2. The van der Waals surface area contributed by atoms with Crippen LogP contribution < -0.4 is 5.32 Å². The summed E-state index contributed by atoms with van der Waals surface area (Å²) in [5, 5.41) is 3.70. The molecule has 0 saturated carbocycles. The quantitative estimate of drug-likeness (QED) is 0.794. The van der Waals surface area contributed by atoms with Crippen molar-refractivity contribution < 1.29 is 4.74 Å². The lowest BCUT2D eigenvalue weighted by atomic mass is 9.87. The van der Waals surface area contributed by atoms with Crippen LogP contribution in [-0.2, 0) is 4.74 Å². The zero-order valence-electron chi connectivity index (χ0n) is 12.0. The molecular formula is C15H29NO. The first kappa shape index (κ1) is 13.4. The molecule has 0 spiro atoms. The Bertz CT molecular complexity index is 246. The van der Waals surface area contributed by atoms with Gasteiger partial charge in [0, 0.05) is 18.5 Å². The van der Waals surface area contributed by atoms with Gasteiger partial charge in [-0.3, -0.25) is 0 Å². The van der Waals surface area contributed by atoms with Crippen molar-refractivity contribution in [3.05, 3.63) is 0 Å². The highest BCUT2D eigenvalue weighted by Gasteiger charge is 2.40. The Labute approximate surface area is 107 Å². The van der Waals surface area contributed by atoms with Crippen LogP contribution >= 0.6 is 0 Å². The van der Waals surface area contributed by atoms with Crippen molar-refractivity contribution in [1.82, 2.24) is 5.32 Å². The first-order valence-electron chi connectivity index (χ1n) is 7.33. The number of nitrogens with one attached hydrogen (secondary N) is 1. The molecule has 4 atom stereocenters. The van der Waals surface area contributed by atoms with Gasteiger partial charge >= 0.3 is 0 Å². The summed E-state index contributed by atoms with van der Waals surface area (Å²) in [6, 6.07) is 0.647. The van der Waals surface area contributed by atoms with Crippen molar-refractivity contribution >= 4 is 0 Å². The summed E-state index contributed by atoms with van der Waals surface area (Å²) in [4.78, 5) is 0. The maximum absolute atomic E-state index is 5.89. The molecule has 2 fully saturated rings. The monoisotopic (exact) mass is 239 g/mol. The summed E-state index contributed by atoms with van der Waals surface area (Å²) in [6.45, 7) is 10.4. The average molecular weight is 239 g/mol. The fraction of sp³-hybridized carbons (Fsp3) is 1.00. The van der Waals surface area contributed by atoms with E-state index in [0.29, 0.717) is 23.7 Å². The van der Waals surface area contributed by atoms with E-state index in [0.717, 1.165) is 12.5 Å². The third-order valence-electron chi connectivity index (χ3n) is 4.29. The molecule has 0 aromatic heterocycles. The molecule has 2 bridgehead atoms. The predicted molar refractivity (Wildman–Crippen MR) is 72.2 cm³/mol. The first-order chi connectivity index (χ1) is 7.94. The second-order valence-electron chi connectivity index (χ2n) is 7.28. The zero-order valence-corrected chi connectivity index (χ0v) is 12.0. The van der Waals surface area contributed by atoms with Crippen LogP contribution in [0.15, 0.2) is 0 Å². The number of hydrogen-bond acceptors (Lipinski definition) is 2. The normalized spacial score (nSPS) is 34.2. The van der Waals surface area contributed by atoms with Crippen LogP contribution in [0.2, 0.25) is 0 Å². The molecule has 2 aliphatic heterocycles. The topological polar surface area (TPSA) is 21.3 Å². The maximum Gasteiger partial charge on any atom is 0.0621 e. The fourth-order valence-corrected chi connectivity index (χ4v) is 3.06. The van der Waals surface area contributed by atoms with Crippen molar-refractivity contribution in [3.8, 4) is 0 Å². The molecule has 0 radical (unpaired) electrons. The molecule has 100 valence electrons. The van der Waals surface area contributed by atoms with Gasteiger partial charge in [-0.25, -0.2) is 0 Å². The van der Waals surface area contributed by atoms with Gasteiger partial charge in [0.1, 0.15) is 0 Å². The summed E-state index contributed by atoms with van der Waals surface area (Å²) in [7, 11) is 0. The van der Waals surface area contributed by atoms with Crippen LogP contribution in [-0.4, -0.2) is 24.8 Å². The van der Waals surface area contributed by atoms with E-state index in [2.05, 4.69) is 33.0 Å². The minimum Gasteiger partial charge on any atom is -0.375 e. The van der Waals surface area contributed by atoms with Gasteiger partial charge in [-0.05, 0) is 44.4 Å². The molecule has 4 unspecified atom stereocenters. The zero-order chi connectivity index (χ0) is 12.5. The molecule has 1 N–H and O–H groups in total. The lowest BCUT2D eigenvalue weighted by Crippen LogP contribution is -2.35. The van der Waals surface area contributed by atoms with Gasteiger partial charge in [-0.1, -0.05) is 20.8 Å². The van der Waals surface area contributed by atoms with Crippen LogP contribution in [0, 0.1) is 11.3 Å². The highest BCUT2D eigenvalue weighted by atomic mass is 16.5. The first-order valence-corrected chi connectivity index (χ1v) is 7.33. The van der Waals surface area contributed by atoms with E-state index in [-0.39, 0.29) is 0 Å². The van der Waals surface area contributed by atoms with E-state index in [4.69, 9.17) is 4.74 Å². The highest BCUT2D eigenvalue weighted by molar-refractivity contribution is 4.90. The molecule has 2 rings (SSSR count). The third kappa shape index (κ3) is 3.96. The van der Waals surface area contributed by atoms with Crippen LogP contribution in [0.5, 0.6) is 0 Å². The van der Waals surface area contributed by atoms with Gasteiger partial charge in [0.05, 0.1) is 12.2 Å². The average Bonchev–Trinajstić information content (AvgIpc) is 2.84. The minimum absolute atomic E-state index is 0.464. The molecule has 2 heteroatoms. The van der Waals surface area contributed by atoms with E-state index < -0.39 is 0 Å². The van der Waals surface area contributed by atoms with Gasteiger partial charge in [0.25, 0.3) is 0 Å². The van der Waals surface area contributed by atoms with Crippen molar-refractivity contribution in [1.29, 1.82) is 0 Å². The van der Waals surface area contributed by atoms with E-state index in [1.807, 2.05) is 0 Å². The molecule has 0 aliphatic carbocycles. The molecule has 2 nitrogen and oxygen atoms in total. The Morgan fingerprint density at radius 1 is 1.29 bits per heavy atom. The molecule has 0 amide bonds. The van der Waals surface area contributed by atoms with E-state index >= 15 is 0 Å². The smallest absolute Gasteiger partial charge is 0.0621 e. The number of rotatable bonds is 5. The summed E-state index contributed by atoms with van der Waals surface area (Å²) in [6.07, 6.45) is 7.65. The lowest BCUT2D eigenvalue weighted by Gasteiger charge is -2.24. The van der Waals surface area contributed by atoms with Crippen LogP contribution in [0.3, 0.4) is 0 Å². The largest absolute Gasteiger partial charge is 0.375 e. The van der Waals surface area contributed by atoms with E-state index in [9.17, 15) is 0 Å². The summed E-state index contributed by atoms with van der Waals surface area (Å²) < 4.78 is 5.89. The number of hydrogen-bond donors (Lipinski definition) is 1. The second-order valence-corrected chi connectivity index (χ2v) is 7.28. The van der Waals surface area contributed by atoms with Gasteiger partial charge in [-0.2, -0.15) is 0 Å². The second kappa shape index (κ2) is 5.27. The van der Waals surface area contributed by atoms with Gasteiger partial charge in [-0.15, -0.1) is 0 Å². The molecule has 2 saturated heterocycles.